The lowest BCUT2D eigenvalue weighted by Crippen LogP contribution is -2.33. The fraction of sp³-hybridized carbons (Fsp3) is 0.905. The minimum absolute atomic E-state index is 0.572. The van der Waals surface area contributed by atoms with E-state index in [2.05, 4.69) is 53.7 Å². The zero-order valence-electron chi connectivity index (χ0n) is 15.6. The van der Waals surface area contributed by atoms with Crippen LogP contribution >= 0.6 is 0 Å². The van der Waals surface area contributed by atoms with Crippen molar-refractivity contribution in [3.05, 3.63) is 12.2 Å². The summed E-state index contributed by atoms with van der Waals surface area (Å²) in [5, 5.41) is 0. The van der Waals surface area contributed by atoms with Crippen molar-refractivity contribution in [2.75, 3.05) is 0 Å². The van der Waals surface area contributed by atoms with Crippen LogP contribution in [0.2, 0.25) is 0 Å². The molecule has 0 radical (unpaired) electrons. The van der Waals surface area contributed by atoms with Crippen LogP contribution in [-0.2, 0) is 0 Å². The van der Waals surface area contributed by atoms with Crippen molar-refractivity contribution in [2.24, 2.45) is 29.1 Å². The van der Waals surface area contributed by atoms with Crippen molar-refractivity contribution in [3.63, 3.8) is 0 Å². The second-order valence-electron chi connectivity index (χ2n) is 8.58. The van der Waals surface area contributed by atoms with Crippen LogP contribution in [0, 0.1) is 29.1 Å². The third-order valence-corrected chi connectivity index (χ3v) is 5.89. The molecule has 0 spiro atoms. The minimum atomic E-state index is 0.572. The highest BCUT2D eigenvalue weighted by molar-refractivity contribution is 4.89. The number of rotatable bonds is 8. The van der Waals surface area contributed by atoms with Gasteiger partial charge in [0.25, 0.3) is 0 Å². The van der Waals surface area contributed by atoms with Crippen molar-refractivity contribution in [2.45, 2.75) is 92.9 Å². The van der Waals surface area contributed by atoms with Gasteiger partial charge in [0, 0.05) is 0 Å². The van der Waals surface area contributed by atoms with Gasteiger partial charge in [0.1, 0.15) is 0 Å². The van der Waals surface area contributed by atoms with Gasteiger partial charge in [-0.25, -0.2) is 0 Å². The van der Waals surface area contributed by atoms with Crippen LogP contribution < -0.4 is 0 Å². The molecule has 1 saturated carbocycles. The molecule has 4 atom stereocenters. The van der Waals surface area contributed by atoms with E-state index in [1.165, 1.54) is 51.4 Å². The van der Waals surface area contributed by atoms with E-state index in [0.717, 1.165) is 23.7 Å². The van der Waals surface area contributed by atoms with E-state index >= 15 is 0 Å². The van der Waals surface area contributed by atoms with Gasteiger partial charge in [-0.15, -0.1) is 0 Å². The van der Waals surface area contributed by atoms with Gasteiger partial charge in [0.05, 0.1) is 0 Å². The van der Waals surface area contributed by atoms with E-state index < -0.39 is 0 Å². The summed E-state index contributed by atoms with van der Waals surface area (Å²) in [6, 6.07) is 0. The molecular formula is C21H40. The average Bonchev–Trinajstić information content (AvgIpc) is 2.37. The number of hydrogen-bond donors (Lipinski definition) is 0. The Hall–Kier alpha value is -0.260. The fourth-order valence-corrected chi connectivity index (χ4v) is 4.39. The van der Waals surface area contributed by atoms with E-state index in [9.17, 15) is 0 Å². The Bertz CT molecular complexity index is 299. The third kappa shape index (κ3) is 6.57. The summed E-state index contributed by atoms with van der Waals surface area (Å²) in [5.74, 6) is 3.48. The molecule has 0 saturated heterocycles. The van der Waals surface area contributed by atoms with E-state index in [0.29, 0.717) is 5.41 Å². The maximum absolute atomic E-state index is 2.50. The van der Waals surface area contributed by atoms with Gasteiger partial charge in [-0.3, -0.25) is 0 Å². The van der Waals surface area contributed by atoms with E-state index in [-0.39, 0.29) is 0 Å². The second kappa shape index (κ2) is 9.01. The van der Waals surface area contributed by atoms with Crippen LogP contribution in [0.3, 0.4) is 0 Å². The van der Waals surface area contributed by atoms with E-state index in [1.54, 1.807) is 0 Å². The van der Waals surface area contributed by atoms with Gasteiger partial charge < -0.3 is 0 Å². The predicted octanol–water partition coefficient (Wildman–Crippen LogP) is 7.25. The molecular weight excluding hydrogens is 252 g/mol. The summed E-state index contributed by atoms with van der Waals surface area (Å²) >= 11 is 0. The van der Waals surface area contributed by atoms with Gasteiger partial charge in [0.15, 0.2) is 0 Å². The summed E-state index contributed by atoms with van der Waals surface area (Å²) in [4.78, 5) is 0. The van der Waals surface area contributed by atoms with Gasteiger partial charge >= 0.3 is 0 Å². The zero-order valence-corrected chi connectivity index (χ0v) is 15.6. The summed E-state index contributed by atoms with van der Waals surface area (Å²) in [6.07, 6.45) is 16.0. The van der Waals surface area contributed by atoms with Crippen molar-refractivity contribution in [1.82, 2.24) is 0 Å². The summed E-state index contributed by atoms with van der Waals surface area (Å²) in [6.45, 7) is 14.6. The lowest BCUT2D eigenvalue weighted by Gasteiger charge is -2.43. The molecule has 21 heavy (non-hydrogen) atoms. The zero-order chi connectivity index (χ0) is 15.9. The molecule has 1 aliphatic rings. The fourth-order valence-electron chi connectivity index (χ4n) is 4.39. The van der Waals surface area contributed by atoms with Gasteiger partial charge in [-0.1, -0.05) is 79.4 Å². The Labute approximate surface area is 134 Å². The third-order valence-electron chi connectivity index (χ3n) is 5.89. The molecule has 4 unspecified atom stereocenters. The van der Waals surface area contributed by atoms with Crippen molar-refractivity contribution >= 4 is 0 Å². The molecule has 0 amide bonds. The molecule has 0 aromatic carbocycles. The van der Waals surface area contributed by atoms with Crippen LogP contribution in [0.5, 0.6) is 0 Å². The first kappa shape index (κ1) is 18.8. The highest BCUT2D eigenvalue weighted by atomic mass is 14.4. The topological polar surface area (TPSA) is 0 Å². The smallest absolute Gasteiger partial charge is 0.0262 e. The maximum Gasteiger partial charge on any atom is -0.0262 e. The average molecular weight is 293 g/mol. The second-order valence-corrected chi connectivity index (χ2v) is 8.58. The molecule has 0 aliphatic heterocycles. The molecule has 124 valence electrons. The molecule has 1 fully saturated rings. The van der Waals surface area contributed by atoms with Gasteiger partial charge in [0.2, 0.25) is 0 Å². The Morgan fingerprint density at radius 1 is 1.19 bits per heavy atom. The Morgan fingerprint density at radius 3 is 2.52 bits per heavy atom. The number of hydrogen-bond acceptors (Lipinski definition) is 0. The highest BCUT2D eigenvalue weighted by Gasteiger charge is 2.36. The van der Waals surface area contributed by atoms with E-state index in [1.807, 2.05) is 0 Å². The van der Waals surface area contributed by atoms with Crippen LogP contribution in [0.15, 0.2) is 12.2 Å². The van der Waals surface area contributed by atoms with Crippen LogP contribution in [0.1, 0.15) is 92.9 Å². The van der Waals surface area contributed by atoms with Crippen LogP contribution in [0.25, 0.3) is 0 Å². The van der Waals surface area contributed by atoms with E-state index in [4.69, 9.17) is 0 Å². The molecule has 0 aromatic heterocycles. The van der Waals surface area contributed by atoms with Crippen LogP contribution in [-0.4, -0.2) is 0 Å². The molecule has 0 N–H and O–H groups in total. The van der Waals surface area contributed by atoms with Gasteiger partial charge in [-0.2, -0.15) is 0 Å². The SMILES string of the molecule is CCCC(C)/C=C\CC(C)CCC1C(C)CCCC1(C)C. The monoisotopic (exact) mass is 292 g/mol. The molecule has 1 rings (SSSR count). The molecule has 0 bridgehead atoms. The molecule has 0 heterocycles. The Balaban J connectivity index is 2.33. The lowest BCUT2D eigenvalue weighted by molar-refractivity contribution is 0.0712. The van der Waals surface area contributed by atoms with Crippen molar-refractivity contribution < 1.29 is 0 Å². The van der Waals surface area contributed by atoms with Crippen LogP contribution in [0.4, 0.5) is 0 Å². The van der Waals surface area contributed by atoms with Crippen molar-refractivity contribution in [3.8, 4) is 0 Å². The van der Waals surface area contributed by atoms with Crippen molar-refractivity contribution in [1.29, 1.82) is 0 Å². The summed E-state index contributed by atoms with van der Waals surface area (Å²) < 4.78 is 0. The Morgan fingerprint density at radius 2 is 1.90 bits per heavy atom. The quantitative estimate of drug-likeness (QED) is 0.413. The lowest BCUT2D eigenvalue weighted by atomic mass is 9.62. The maximum atomic E-state index is 2.50. The van der Waals surface area contributed by atoms with Gasteiger partial charge in [-0.05, 0) is 54.8 Å². The first-order valence-electron chi connectivity index (χ1n) is 9.53. The largest absolute Gasteiger partial charge is 0.0880 e. The standard InChI is InChI=1S/C21H40/c1-7-10-17(2)11-8-12-18(3)14-15-20-19(4)13-9-16-21(20,5)6/h8,11,17-20H,7,9-10,12-16H2,1-6H3/b11-8-. The minimum Gasteiger partial charge on any atom is -0.0880 e. The normalized spacial score (nSPS) is 28.7. The summed E-state index contributed by atoms with van der Waals surface area (Å²) in [5.41, 5.74) is 0.572. The summed E-state index contributed by atoms with van der Waals surface area (Å²) in [7, 11) is 0. The molecule has 0 heteroatoms. The molecule has 0 nitrogen and oxygen atoms in total. The molecule has 0 aromatic rings. The Kier molecular flexibility index (Phi) is 8.06. The first-order valence-corrected chi connectivity index (χ1v) is 9.53. The first-order chi connectivity index (χ1) is 9.86. The predicted molar refractivity (Wildman–Crippen MR) is 96.5 cm³/mol. The molecule has 1 aliphatic carbocycles. The highest BCUT2D eigenvalue weighted by Crippen LogP contribution is 2.46. The number of allylic oxidation sites excluding steroid dienone is 2.